The Morgan fingerprint density at radius 2 is 2.16 bits per heavy atom. The maximum Gasteiger partial charge on any atom is 0.129 e. The number of nitrogen functional groups attached to an aromatic ring is 1. The van der Waals surface area contributed by atoms with Gasteiger partial charge in [0.1, 0.15) is 5.82 Å². The number of rotatable bonds is 5. The first-order valence-electron chi connectivity index (χ1n) is 6.59. The summed E-state index contributed by atoms with van der Waals surface area (Å²) in [4.78, 5) is 0. The van der Waals surface area contributed by atoms with E-state index in [-0.39, 0.29) is 0 Å². The normalized spacial score (nSPS) is 10.9. The summed E-state index contributed by atoms with van der Waals surface area (Å²) < 4.78 is 7.15. The lowest BCUT2D eigenvalue weighted by molar-refractivity contribution is 0.150. The summed E-state index contributed by atoms with van der Waals surface area (Å²) in [6.45, 7) is 5.47. The molecule has 0 saturated carbocycles. The summed E-state index contributed by atoms with van der Waals surface area (Å²) in [5.74, 6) is 0.706. The summed E-state index contributed by atoms with van der Waals surface area (Å²) >= 11 is 0. The maximum absolute atomic E-state index is 6.15. The second-order valence-electron chi connectivity index (χ2n) is 4.65. The molecule has 0 aliphatic heterocycles. The van der Waals surface area contributed by atoms with Crippen LogP contribution in [0.2, 0.25) is 0 Å². The molecule has 0 unspecified atom stereocenters. The van der Waals surface area contributed by atoms with Crippen molar-refractivity contribution in [1.29, 1.82) is 0 Å². The first-order chi connectivity index (χ1) is 9.13. The van der Waals surface area contributed by atoms with Crippen molar-refractivity contribution in [2.45, 2.75) is 20.3 Å². The average Bonchev–Trinajstić information content (AvgIpc) is 2.65. The minimum absolute atomic E-state index is 0.672. The van der Waals surface area contributed by atoms with Gasteiger partial charge in [0.15, 0.2) is 0 Å². The molecule has 102 valence electrons. The Morgan fingerprint density at radius 1 is 1.37 bits per heavy atom. The molecule has 0 fully saturated rings. The van der Waals surface area contributed by atoms with Crippen LogP contribution in [0.15, 0.2) is 24.3 Å². The van der Waals surface area contributed by atoms with Gasteiger partial charge in [-0.3, -0.25) is 4.68 Å². The van der Waals surface area contributed by atoms with Gasteiger partial charge in [-0.25, -0.2) is 0 Å². The summed E-state index contributed by atoms with van der Waals surface area (Å²) in [7, 11) is 1.87. The van der Waals surface area contributed by atoms with Crippen molar-refractivity contribution in [2.24, 2.45) is 7.05 Å². The molecule has 4 nitrogen and oxygen atoms in total. The van der Waals surface area contributed by atoms with E-state index in [1.165, 1.54) is 5.56 Å². The highest BCUT2D eigenvalue weighted by Gasteiger charge is 2.15. The third-order valence-electron chi connectivity index (χ3n) is 3.16. The third kappa shape index (κ3) is 2.96. The van der Waals surface area contributed by atoms with Gasteiger partial charge in [0.25, 0.3) is 0 Å². The predicted octanol–water partition coefficient (Wildman–Crippen LogP) is 2.56. The van der Waals surface area contributed by atoms with E-state index in [2.05, 4.69) is 30.2 Å². The Bertz CT molecular complexity index is 561. The first-order valence-corrected chi connectivity index (χ1v) is 6.59. The van der Waals surface area contributed by atoms with Crippen LogP contribution < -0.4 is 5.73 Å². The molecule has 2 N–H and O–H groups in total. The molecule has 0 amide bonds. The maximum atomic E-state index is 6.15. The third-order valence-corrected chi connectivity index (χ3v) is 3.16. The van der Waals surface area contributed by atoms with Crippen LogP contribution in [0.5, 0.6) is 0 Å². The van der Waals surface area contributed by atoms with Gasteiger partial charge in [0.2, 0.25) is 0 Å². The van der Waals surface area contributed by atoms with Crippen molar-refractivity contribution >= 4 is 5.82 Å². The zero-order chi connectivity index (χ0) is 13.8. The topological polar surface area (TPSA) is 53.1 Å². The number of benzene rings is 1. The molecular weight excluding hydrogens is 238 g/mol. The monoisotopic (exact) mass is 259 g/mol. The van der Waals surface area contributed by atoms with E-state index in [0.717, 1.165) is 29.8 Å². The number of nitrogens with two attached hydrogens (primary N) is 1. The summed E-state index contributed by atoms with van der Waals surface area (Å²) in [6.07, 6.45) is 0.780. The van der Waals surface area contributed by atoms with Crippen molar-refractivity contribution < 1.29 is 4.74 Å². The van der Waals surface area contributed by atoms with Crippen LogP contribution in [0.3, 0.4) is 0 Å². The van der Waals surface area contributed by atoms with Crippen LogP contribution in [0.25, 0.3) is 11.1 Å². The summed E-state index contributed by atoms with van der Waals surface area (Å²) in [6, 6.07) is 8.33. The van der Waals surface area contributed by atoms with Gasteiger partial charge in [-0.05, 0) is 19.4 Å². The van der Waals surface area contributed by atoms with Crippen molar-refractivity contribution in [3.05, 3.63) is 35.5 Å². The SMILES string of the molecule is CCOCCc1nn(C)c(N)c1-c1cccc(C)c1. The largest absolute Gasteiger partial charge is 0.383 e. The standard InChI is InChI=1S/C15H21N3O/c1-4-19-9-8-13-14(15(16)18(3)17-13)12-7-5-6-11(2)10-12/h5-7,10H,4,8-9,16H2,1-3H3. The highest BCUT2D eigenvalue weighted by atomic mass is 16.5. The molecule has 0 bridgehead atoms. The first kappa shape index (κ1) is 13.6. The molecule has 1 heterocycles. The molecule has 19 heavy (non-hydrogen) atoms. The van der Waals surface area contributed by atoms with Crippen molar-refractivity contribution in [3.8, 4) is 11.1 Å². The number of hydrogen-bond acceptors (Lipinski definition) is 3. The van der Waals surface area contributed by atoms with Gasteiger partial charge in [0.05, 0.1) is 12.3 Å². The van der Waals surface area contributed by atoms with Gasteiger partial charge < -0.3 is 10.5 Å². The molecule has 1 aromatic heterocycles. The molecule has 0 atom stereocenters. The highest BCUT2D eigenvalue weighted by molar-refractivity contribution is 5.77. The molecule has 0 radical (unpaired) electrons. The van der Waals surface area contributed by atoms with Crippen molar-refractivity contribution in [2.75, 3.05) is 18.9 Å². The van der Waals surface area contributed by atoms with E-state index in [0.29, 0.717) is 12.4 Å². The van der Waals surface area contributed by atoms with Gasteiger partial charge in [-0.2, -0.15) is 5.10 Å². The molecule has 0 aliphatic rings. The minimum Gasteiger partial charge on any atom is -0.383 e. The van der Waals surface area contributed by atoms with E-state index in [1.54, 1.807) is 4.68 Å². The van der Waals surface area contributed by atoms with Gasteiger partial charge in [-0.1, -0.05) is 29.8 Å². The van der Waals surface area contributed by atoms with E-state index in [4.69, 9.17) is 10.5 Å². The molecule has 4 heteroatoms. The number of aryl methyl sites for hydroxylation is 2. The number of nitrogens with zero attached hydrogens (tertiary/aromatic N) is 2. The van der Waals surface area contributed by atoms with Gasteiger partial charge >= 0.3 is 0 Å². The lowest BCUT2D eigenvalue weighted by Gasteiger charge is -2.05. The van der Waals surface area contributed by atoms with Gasteiger partial charge in [-0.15, -0.1) is 0 Å². The Hall–Kier alpha value is -1.81. The molecular formula is C15H21N3O. The van der Waals surface area contributed by atoms with Crippen molar-refractivity contribution in [1.82, 2.24) is 9.78 Å². The number of hydrogen-bond donors (Lipinski definition) is 1. The summed E-state index contributed by atoms with van der Waals surface area (Å²) in [5, 5.41) is 4.50. The minimum atomic E-state index is 0.672. The van der Waals surface area contributed by atoms with Crippen LogP contribution in [0.4, 0.5) is 5.82 Å². The smallest absolute Gasteiger partial charge is 0.129 e. The second-order valence-corrected chi connectivity index (χ2v) is 4.65. The van der Waals surface area contributed by atoms with Gasteiger partial charge in [0, 0.05) is 25.6 Å². The predicted molar refractivity (Wildman–Crippen MR) is 78.0 cm³/mol. The van der Waals surface area contributed by atoms with Crippen LogP contribution in [0.1, 0.15) is 18.2 Å². The van der Waals surface area contributed by atoms with Crippen LogP contribution in [-0.2, 0) is 18.2 Å². The highest BCUT2D eigenvalue weighted by Crippen LogP contribution is 2.30. The molecule has 2 rings (SSSR count). The fourth-order valence-corrected chi connectivity index (χ4v) is 2.20. The van der Waals surface area contributed by atoms with E-state index in [9.17, 15) is 0 Å². The fraction of sp³-hybridized carbons (Fsp3) is 0.400. The average molecular weight is 259 g/mol. The van der Waals surface area contributed by atoms with E-state index < -0.39 is 0 Å². The number of anilines is 1. The second kappa shape index (κ2) is 5.89. The van der Waals surface area contributed by atoms with Crippen LogP contribution in [-0.4, -0.2) is 23.0 Å². The number of aromatic nitrogens is 2. The number of ether oxygens (including phenoxy) is 1. The van der Waals surface area contributed by atoms with E-state index >= 15 is 0 Å². The zero-order valence-electron chi connectivity index (χ0n) is 11.8. The molecule has 0 saturated heterocycles. The molecule has 2 aromatic rings. The Kier molecular flexibility index (Phi) is 4.22. The Morgan fingerprint density at radius 3 is 2.84 bits per heavy atom. The van der Waals surface area contributed by atoms with E-state index in [1.807, 2.05) is 20.0 Å². The van der Waals surface area contributed by atoms with Crippen molar-refractivity contribution in [3.63, 3.8) is 0 Å². The molecule has 0 spiro atoms. The lowest BCUT2D eigenvalue weighted by Crippen LogP contribution is -2.00. The Labute approximate surface area is 114 Å². The zero-order valence-corrected chi connectivity index (χ0v) is 11.8. The Balaban J connectivity index is 2.37. The summed E-state index contributed by atoms with van der Waals surface area (Å²) in [5.41, 5.74) is 10.5. The lowest BCUT2D eigenvalue weighted by atomic mass is 10.0. The quantitative estimate of drug-likeness (QED) is 0.840. The van der Waals surface area contributed by atoms with Crippen LogP contribution in [0, 0.1) is 6.92 Å². The molecule has 1 aromatic carbocycles. The van der Waals surface area contributed by atoms with Crippen LogP contribution >= 0.6 is 0 Å². The molecule has 0 aliphatic carbocycles. The fourth-order valence-electron chi connectivity index (χ4n) is 2.20.